The molecule has 1 aliphatic rings. The predicted octanol–water partition coefficient (Wildman–Crippen LogP) is 4.62. The second-order valence-corrected chi connectivity index (χ2v) is 8.31. The minimum Gasteiger partial charge on any atom is -0.352 e. The van der Waals surface area contributed by atoms with E-state index >= 15 is 0 Å². The third-order valence-electron chi connectivity index (χ3n) is 5.76. The predicted molar refractivity (Wildman–Crippen MR) is 133 cm³/mol. The number of pyridine rings is 1. The Labute approximate surface area is 202 Å². The molecule has 2 atom stereocenters. The number of amides is 1. The van der Waals surface area contributed by atoms with Crippen LogP contribution in [0.15, 0.2) is 97.3 Å². The first-order valence-corrected chi connectivity index (χ1v) is 11.3. The van der Waals surface area contributed by atoms with Gasteiger partial charge in [-0.25, -0.2) is 4.39 Å². The van der Waals surface area contributed by atoms with Gasteiger partial charge in [-0.2, -0.15) is 0 Å². The van der Waals surface area contributed by atoms with Crippen LogP contribution in [0.3, 0.4) is 0 Å². The van der Waals surface area contributed by atoms with Crippen molar-refractivity contribution in [1.29, 1.82) is 0 Å². The fourth-order valence-electron chi connectivity index (χ4n) is 4.28. The molecule has 170 valence electrons. The van der Waals surface area contributed by atoms with Gasteiger partial charge in [0.25, 0.3) is 0 Å². The molecule has 0 bridgehead atoms. The summed E-state index contributed by atoms with van der Waals surface area (Å²) in [6.07, 6.45) is 3.53. The number of halogens is 1. The van der Waals surface area contributed by atoms with E-state index in [-0.39, 0.29) is 24.3 Å². The molecule has 8 heteroatoms. The van der Waals surface area contributed by atoms with Crippen molar-refractivity contribution in [3.05, 3.63) is 115 Å². The summed E-state index contributed by atoms with van der Waals surface area (Å²) in [7, 11) is 0. The number of carbonyl (C=O) groups excluding carboxylic acids is 1. The molecule has 0 saturated carbocycles. The Balaban J connectivity index is 1.53. The van der Waals surface area contributed by atoms with Crippen molar-refractivity contribution in [1.82, 2.24) is 19.8 Å². The van der Waals surface area contributed by atoms with Gasteiger partial charge in [0, 0.05) is 23.8 Å². The number of hydrogen-bond donors (Lipinski definition) is 2. The molecule has 0 aliphatic carbocycles. The second-order valence-electron chi connectivity index (χ2n) is 7.92. The van der Waals surface area contributed by atoms with Crippen molar-refractivity contribution in [2.45, 2.75) is 12.1 Å². The first-order valence-electron chi connectivity index (χ1n) is 10.9. The highest BCUT2D eigenvalue weighted by molar-refractivity contribution is 7.80. The standard InChI is InChI=1S/C26H22FN5OS/c27-19-11-4-5-13-21(19)31-16-8-14-22(31)25-24(20-12-6-7-15-28-20)30-26(34)32(25)17-23(33)29-18-9-2-1-3-10-18/h1-16,24-25H,17H2,(H,29,33)(H,30,34)/t24-,25+/m1/s1. The number of aromatic nitrogens is 2. The van der Waals surface area contributed by atoms with Crippen LogP contribution >= 0.6 is 12.2 Å². The van der Waals surface area contributed by atoms with Crippen LogP contribution < -0.4 is 10.6 Å². The van der Waals surface area contributed by atoms with Crippen molar-refractivity contribution in [2.75, 3.05) is 11.9 Å². The fraction of sp³-hybridized carbons (Fsp3) is 0.115. The first kappa shape index (κ1) is 21.8. The smallest absolute Gasteiger partial charge is 0.244 e. The molecule has 4 aromatic rings. The summed E-state index contributed by atoms with van der Waals surface area (Å²) < 4.78 is 16.5. The Morgan fingerprint density at radius 2 is 1.76 bits per heavy atom. The number of rotatable bonds is 6. The minimum absolute atomic E-state index is 0.0250. The van der Waals surface area contributed by atoms with Crippen LogP contribution in [0.1, 0.15) is 23.5 Å². The van der Waals surface area contributed by atoms with Crippen molar-refractivity contribution in [2.24, 2.45) is 0 Å². The van der Waals surface area contributed by atoms with Gasteiger partial charge in [-0.15, -0.1) is 0 Å². The lowest BCUT2D eigenvalue weighted by atomic mass is 10.0. The molecule has 2 aromatic heterocycles. The highest BCUT2D eigenvalue weighted by Gasteiger charge is 2.42. The number of para-hydroxylation sites is 2. The van der Waals surface area contributed by atoms with Gasteiger partial charge in [-0.1, -0.05) is 36.4 Å². The molecule has 0 radical (unpaired) electrons. The monoisotopic (exact) mass is 471 g/mol. The molecule has 1 aliphatic heterocycles. The molecular weight excluding hydrogens is 449 g/mol. The van der Waals surface area contributed by atoms with E-state index < -0.39 is 6.04 Å². The van der Waals surface area contributed by atoms with E-state index in [1.54, 1.807) is 29.0 Å². The van der Waals surface area contributed by atoms with Gasteiger partial charge >= 0.3 is 0 Å². The number of thiocarbonyl (C=S) groups is 1. The number of benzene rings is 2. The third-order valence-corrected chi connectivity index (χ3v) is 6.12. The number of carbonyl (C=O) groups is 1. The molecule has 34 heavy (non-hydrogen) atoms. The Morgan fingerprint density at radius 3 is 2.53 bits per heavy atom. The Kier molecular flexibility index (Phi) is 6.05. The van der Waals surface area contributed by atoms with Gasteiger partial charge < -0.3 is 20.1 Å². The maximum Gasteiger partial charge on any atom is 0.244 e. The third kappa shape index (κ3) is 4.27. The van der Waals surface area contributed by atoms with Gasteiger partial charge in [-0.3, -0.25) is 9.78 Å². The topological polar surface area (TPSA) is 62.2 Å². The van der Waals surface area contributed by atoms with Crippen molar-refractivity contribution < 1.29 is 9.18 Å². The maximum absolute atomic E-state index is 14.7. The van der Waals surface area contributed by atoms with Gasteiger partial charge in [-0.05, 0) is 60.7 Å². The zero-order valence-electron chi connectivity index (χ0n) is 18.1. The molecule has 1 saturated heterocycles. The number of nitrogens with zero attached hydrogens (tertiary/aromatic N) is 3. The van der Waals surface area contributed by atoms with E-state index in [9.17, 15) is 9.18 Å². The lowest BCUT2D eigenvalue weighted by Gasteiger charge is -2.28. The van der Waals surface area contributed by atoms with Gasteiger partial charge in [0.15, 0.2) is 5.11 Å². The second kappa shape index (κ2) is 9.44. The SMILES string of the molecule is O=C(CN1C(=S)N[C@H](c2ccccn2)[C@@H]1c1cccn1-c1ccccc1F)Nc1ccccc1. The molecule has 5 rings (SSSR count). The average molecular weight is 472 g/mol. The molecule has 3 heterocycles. The first-order chi connectivity index (χ1) is 16.6. The van der Waals surface area contributed by atoms with E-state index in [2.05, 4.69) is 15.6 Å². The molecule has 0 unspecified atom stereocenters. The summed E-state index contributed by atoms with van der Waals surface area (Å²) in [5, 5.41) is 6.68. The van der Waals surface area contributed by atoms with Gasteiger partial charge in [0.1, 0.15) is 12.4 Å². The highest BCUT2D eigenvalue weighted by Crippen LogP contribution is 2.39. The fourth-order valence-corrected chi connectivity index (χ4v) is 4.58. The van der Waals surface area contributed by atoms with Crippen LogP contribution in [0.2, 0.25) is 0 Å². The summed E-state index contributed by atoms with van der Waals surface area (Å²) in [4.78, 5) is 19.3. The molecule has 2 N–H and O–H groups in total. The number of nitrogens with one attached hydrogen (secondary N) is 2. The van der Waals surface area contributed by atoms with E-state index in [0.717, 1.165) is 11.4 Å². The summed E-state index contributed by atoms with van der Waals surface area (Å²) >= 11 is 5.66. The van der Waals surface area contributed by atoms with Gasteiger partial charge in [0.05, 0.1) is 23.5 Å². The van der Waals surface area contributed by atoms with Crippen LogP contribution in [0.25, 0.3) is 5.69 Å². The summed E-state index contributed by atoms with van der Waals surface area (Å²) in [5.74, 6) is -0.540. The molecule has 0 spiro atoms. The normalized spacial score (nSPS) is 17.4. The lowest BCUT2D eigenvalue weighted by Crippen LogP contribution is -2.37. The van der Waals surface area contributed by atoms with Crippen molar-refractivity contribution in [3.63, 3.8) is 0 Å². The van der Waals surface area contributed by atoms with E-state index in [1.807, 2.05) is 71.8 Å². The van der Waals surface area contributed by atoms with Gasteiger partial charge in [0.2, 0.25) is 5.91 Å². The molecule has 1 fully saturated rings. The minimum atomic E-state index is -0.390. The molecular formula is C26H22FN5OS. The molecule has 1 amide bonds. The molecule has 6 nitrogen and oxygen atoms in total. The quantitative estimate of drug-likeness (QED) is 0.402. The summed E-state index contributed by atoms with van der Waals surface area (Å²) in [6, 6.07) is 24.6. The van der Waals surface area contributed by atoms with Crippen LogP contribution in [0.4, 0.5) is 10.1 Å². The summed E-state index contributed by atoms with van der Waals surface area (Å²) in [6.45, 7) is 0.0250. The average Bonchev–Trinajstić information content (AvgIpc) is 3.45. The zero-order chi connectivity index (χ0) is 23.5. The Hall–Kier alpha value is -4.04. The van der Waals surface area contributed by atoms with E-state index in [1.165, 1.54) is 6.07 Å². The largest absolute Gasteiger partial charge is 0.352 e. The van der Waals surface area contributed by atoms with Crippen LogP contribution in [-0.2, 0) is 4.79 Å². The van der Waals surface area contributed by atoms with Crippen molar-refractivity contribution >= 4 is 28.9 Å². The summed E-state index contributed by atoms with van der Waals surface area (Å²) in [5.41, 5.74) is 2.70. The number of anilines is 1. The molecule has 2 aromatic carbocycles. The van der Waals surface area contributed by atoms with E-state index in [0.29, 0.717) is 16.5 Å². The maximum atomic E-state index is 14.7. The van der Waals surface area contributed by atoms with Crippen LogP contribution in [-0.4, -0.2) is 32.0 Å². The highest BCUT2D eigenvalue weighted by atomic mass is 32.1. The zero-order valence-corrected chi connectivity index (χ0v) is 19.0. The van der Waals surface area contributed by atoms with Crippen LogP contribution in [0.5, 0.6) is 0 Å². The lowest BCUT2D eigenvalue weighted by molar-refractivity contribution is -0.116. The van der Waals surface area contributed by atoms with Crippen molar-refractivity contribution in [3.8, 4) is 5.69 Å². The number of hydrogen-bond acceptors (Lipinski definition) is 3. The Morgan fingerprint density at radius 1 is 1.00 bits per heavy atom. The Bertz CT molecular complexity index is 1310. The van der Waals surface area contributed by atoms with Crippen LogP contribution in [0, 0.1) is 5.82 Å². The van der Waals surface area contributed by atoms with E-state index in [4.69, 9.17) is 12.2 Å².